The summed E-state index contributed by atoms with van der Waals surface area (Å²) in [5.74, 6) is 0.548. The number of benzene rings is 1. The van der Waals surface area contributed by atoms with Gasteiger partial charge in [0.2, 0.25) is 5.88 Å². The highest BCUT2D eigenvalue weighted by Gasteiger charge is 2.15. The largest absolute Gasteiger partial charge is 0.481 e. The quantitative estimate of drug-likeness (QED) is 0.920. The Kier molecular flexibility index (Phi) is 5.17. The summed E-state index contributed by atoms with van der Waals surface area (Å²) in [5.41, 5.74) is 1.86. The molecule has 106 valence electrons. The molecule has 0 amide bonds. The molecule has 1 heterocycles. The average Bonchev–Trinajstić information content (AvgIpc) is 2.45. The van der Waals surface area contributed by atoms with Crippen LogP contribution in [0.1, 0.15) is 17.3 Å². The van der Waals surface area contributed by atoms with Gasteiger partial charge in [0.05, 0.1) is 7.11 Å². The number of methoxy groups -OCH3 is 1. The number of hydrogen-bond acceptors (Lipinski definition) is 4. The molecule has 1 aromatic heterocycles. The SMILES string of the molecule is CNC(Cc1cc(OC)ncn1)c1ccc(Cl)cc1Cl. The molecule has 6 heteroatoms. The molecule has 1 N–H and O–H groups in total. The number of rotatable bonds is 5. The van der Waals surface area contributed by atoms with E-state index in [1.807, 2.05) is 25.2 Å². The molecule has 0 aliphatic carbocycles. The summed E-state index contributed by atoms with van der Waals surface area (Å²) >= 11 is 12.2. The van der Waals surface area contributed by atoms with Crippen LogP contribution in [0.5, 0.6) is 5.88 Å². The summed E-state index contributed by atoms with van der Waals surface area (Å²) in [6.45, 7) is 0. The zero-order valence-electron chi connectivity index (χ0n) is 11.2. The molecule has 0 bridgehead atoms. The van der Waals surface area contributed by atoms with Gasteiger partial charge in [0, 0.05) is 34.3 Å². The zero-order valence-corrected chi connectivity index (χ0v) is 12.7. The molecule has 20 heavy (non-hydrogen) atoms. The minimum Gasteiger partial charge on any atom is -0.481 e. The normalized spacial score (nSPS) is 12.2. The molecule has 1 aromatic carbocycles. The fourth-order valence-electron chi connectivity index (χ4n) is 1.96. The average molecular weight is 312 g/mol. The monoisotopic (exact) mass is 311 g/mol. The van der Waals surface area contributed by atoms with Crippen LogP contribution in [0.4, 0.5) is 0 Å². The van der Waals surface area contributed by atoms with Crippen LogP contribution in [0.15, 0.2) is 30.6 Å². The predicted octanol–water partition coefficient (Wildman–Crippen LogP) is 3.30. The van der Waals surface area contributed by atoms with Crippen molar-refractivity contribution in [1.29, 1.82) is 0 Å². The summed E-state index contributed by atoms with van der Waals surface area (Å²) in [4.78, 5) is 8.24. The van der Waals surface area contributed by atoms with Gasteiger partial charge < -0.3 is 10.1 Å². The third-order valence-corrected chi connectivity index (χ3v) is 3.57. The van der Waals surface area contributed by atoms with Gasteiger partial charge in [0.1, 0.15) is 6.33 Å². The van der Waals surface area contributed by atoms with Gasteiger partial charge in [-0.15, -0.1) is 0 Å². The van der Waals surface area contributed by atoms with Crippen LogP contribution in [-0.2, 0) is 6.42 Å². The molecule has 0 saturated heterocycles. The Morgan fingerprint density at radius 1 is 1.25 bits per heavy atom. The number of aromatic nitrogens is 2. The molecule has 0 radical (unpaired) electrons. The lowest BCUT2D eigenvalue weighted by atomic mass is 10.0. The molecular weight excluding hydrogens is 297 g/mol. The Morgan fingerprint density at radius 3 is 2.70 bits per heavy atom. The van der Waals surface area contributed by atoms with Gasteiger partial charge in [-0.3, -0.25) is 0 Å². The Bertz CT molecular complexity index is 592. The fourth-order valence-corrected chi connectivity index (χ4v) is 2.50. The lowest BCUT2D eigenvalue weighted by Gasteiger charge is -2.18. The molecular formula is C14H15Cl2N3O. The molecule has 1 atom stereocenters. The van der Waals surface area contributed by atoms with E-state index < -0.39 is 0 Å². The predicted molar refractivity (Wildman–Crippen MR) is 80.6 cm³/mol. The van der Waals surface area contributed by atoms with E-state index in [2.05, 4.69) is 15.3 Å². The second-order valence-electron chi connectivity index (χ2n) is 4.26. The molecule has 0 saturated carbocycles. The molecule has 0 fully saturated rings. The first-order chi connectivity index (χ1) is 9.63. The van der Waals surface area contributed by atoms with Gasteiger partial charge >= 0.3 is 0 Å². The van der Waals surface area contributed by atoms with Gasteiger partial charge in [-0.25, -0.2) is 9.97 Å². The van der Waals surface area contributed by atoms with Crippen molar-refractivity contribution in [3.05, 3.63) is 51.9 Å². The summed E-state index contributed by atoms with van der Waals surface area (Å²) < 4.78 is 5.10. The minimum absolute atomic E-state index is 0.0411. The van der Waals surface area contributed by atoms with Gasteiger partial charge in [-0.1, -0.05) is 29.3 Å². The number of halogens is 2. The van der Waals surface area contributed by atoms with Crippen LogP contribution in [0.3, 0.4) is 0 Å². The van der Waals surface area contributed by atoms with E-state index in [1.54, 1.807) is 13.2 Å². The maximum absolute atomic E-state index is 6.25. The van der Waals surface area contributed by atoms with Crippen LogP contribution in [0, 0.1) is 0 Å². The van der Waals surface area contributed by atoms with Crippen LogP contribution in [-0.4, -0.2) is 24.1 Å². The zero-order chi connectivity index (χ0) is 14.5. The van der Waals surface area contributed by atoms with E-state index in [0.717, 1.165) is 11.3 Å². The van der Waals surface area contributed by atoms with Crippen LogP contribution in [0.25, 0.3) is 0 Å². The first kappa shape index (κ1) is 15.0. The third-order valence-electron chi connectivity index (χ3n) is 3.01. The van der Waals surface area contributed by atoms with Crippen molar-refractivity contribution in [2.24, 2.45) is 0 Å². The first-order valence-electron chi connectivity index (χ1n) is 6.11. The van der Waals surface area contributed by atoms with Crippen molar-refractivity contribution in [2.75, 3.05) is 14.2 Å². The Morgan fingerprint density at radius 2 is 2.05 bits per heavy atom. The Hall–Kier alpha value is -1.36. The third kappa shape index (κ3) is 3.60. The highest BCUT2D eigenvalue weighted by molar-refractivity contribution is 6.35. The van der Waals surface area contributed by atoms with Crippen molar-refractivity contribution < 1.29 is 4.74 Å². The molecule has 1 unspecified atom stereocenters. The van der Waals surface area contributed by atoms with E-state index in [1.165, 1.54) is 6.33 Å². The summed E-state index contributed by atoms with van der Waals surface area (Å²) in [6.07, 6.45) is 2.17. The highest BCUT2D eigenvalue weighted by Crippen LogP contribution is 2.28. The number of nitrogens with zero attached hydrogens (tertiary/aromatic N) is 2. The van der Waals surface area contributed by atoms with E-state index in [-0.39, 0.29) is 6.04 Å². The Labute approximate surface area is 128 Å². The van der Waals surface area contributed by atoms with Crippen LogP contribution in [0.2, 0.25) is 10.0 Å². The summed E-state index contributed by atoms with van der Waals surface area (Å²) in [7, 11) is 3.46. The van der Waals surface area contributed by atoms with Crippen LogP contribution >= 0.6 is 23.2 Å². The molecule has 2 rings (SSSR count). The number of likely N-dealkylation sites (N-methyl/N-ethyl adjacent to an activating group) is 1. The smallest absolute Gasteiger partial charge is 0.216 e. The second kappa shape index (κ2) is 6.88. The van der Waals surface area contributed by atoms with Gasteiger partial charge in [-0.05, 0) is 24.7 Å². The lowest BCUT2D eigenvalue weighted by molar-refractivity contribution is 0.395. The van der Waals surface area contributed by atoms with Crippen molar-refractivity contribution in [3.8, 4) is 5.88 Å². The number of hydrogen-bond donors (Lipinski definition) is 1. The van der Waals surface area contributed by atoms with E-state index in [0.29, 0.717) is 22.3 Å². The maximum atomic E-state index is 6.25. The number of ether oxygens (including phenoxy) is 1. The minimum atomic E-state index is 0.0411. The summed E-state index contributed by atoms with van der Waals surface area (Å²) in [6, 6.07) is 7.34. The lowest BCUT2D eigenvalue weighted by Crippen LogP contribution is -2.19. The van der Waals surface area contributed by atoms with Crippen molar-refractivity contribution in [3.63, 3.8) is 0 Å². The van der Waals surface area contributed by atoms with Crippen molar-refractivity contribution >= 4 is 23.2 Å². The topological polar surface area (TPSA) is 47.0 Å². The first-order valence-corrected chi connectivity index (χ1v) is 6.86. The molecule has 2 aromatic rings. The van der Waals surface area contributed by atoms with E-state index in [4.69, 9.17) is 27.9 Å². The highest BCUT2D eigenvalue weighted by atomic mass is 35.5. The van der Waals surface area contributed by atoms with Gasteiger partial charge in [0.15, 0.2) is 0 Å². The Balaban J connectivity index is 2.23. The summed E-state index contributed by atoms with van der Waals surface area (Å²) in [5, 5.41) is 4.50. The van der Waals surface area contributed by atoms with Gasteiger partial charge in [0.25, 0.3) is 0 Å². The number of nitrogens with one attached hydrogen (secondary N) is 1. The standard InChI is InChI=1S/C14H15Cl2N3O/c1-17-13(11-4-3-9(15)5-12(11)16)6-10-7-14(20-2)19-8-18-10/h3-5,7-8,13,17H,6H2,1-2H3. The van der Waals surface area contributed by atoms with Gasteiger partial charge in [-0.2, -0.15) is 0 Å². The van der Waals surface area contributed by atoms with Crippen LogP contribution < -0.4 is 10.1 Å². The van der Waals surface area contributed by atoms with Crippen molar-refractivity contribution in [2.45, 2.75) is 12.5 Å². The molecule has 0 spiro atoms. The molecule has 0 aliphatic heterocycles. The van der Waals surface area contributed by atoms with E-state index >= 15 is 0 Å². The van der Waals surface area contributed by atoms with E-state index in [9.17, 15) is 0 Å². The molecule has 4 nitrogen and oxygen atoms in total. The molecule has 0 aliphatic rings. The maximum Gasteiger partial charge on any atom is 0.216 e. The second-order valence-corrected chi connectivity index (χ2v) is 5.11. The fraction of sp³-hybridized carbons (Fsp3) is 0.286. The van der Waals surface area contributed by atoms with Crippen molar-refractivity contribution in [1.82, 2.24) is 15.3 Å².